The number of aromatic nitrogens is 1. The van der Waals surface area contributed by atoms with E-state index in [-0.39, 0.29) is 6.04 Å². The molecule has 4 heteroatoms. The predicted octanol–water partition coefficient (Wildman–Crippen LogP) is 2.78. The van der Waals surface area contributed by atoms with E-state index in [1.165, 1.54) is 0 Å². The van der Waals surface area contributed by atoms with E-state index in [4.69, 9.17) is 14.6 Å². The Morgan fingerprint density at radius 2 is 2.42 bits per heavy atom. The maximum absolute atomic E-state index is 7.24. The summed E-state index contributed by atoms with van der Waals surface area (Å²) < 4.78 is 26.7. The highest BCUT2D eigenvalue weighted by Crippen LogP contribution is 2.28. The lowest BCUT2D eigenvalue weighted by Crippen LogP contribution is -2.17. The summed E-state index contributed by atoms with van der Waals surface area (Å²) in [6.45, 7) is 2.70. The molecule has 0 fully saturated rings. The summed E-state index contributed by atoms with van der Waals surface area (Å²) >= 11 is 0. The van der Waals surface area contributed by atoms with Crippen molar-refractivity contribution in [3.05, 3.63) is 30.5 Å². The quantitative estimate of drug-likeness (QED) is 0.840. The summed E-state index contributed by atoms with van der Waals surface area (Å²) in [6.07, 6.45) is 3.56. The fraction of sp³-hybridized carbons (Fsp3) is 0.400. The number of pyridine rings is 1. The summed E-state index contributed by atoms with van der Waals surface area (Å²) in [5.41, 5.74) is 7.09. The Morgan fingerprint density at radius 1 is 1.53 bits per heavy atom. The number of nitrogens with two attached hydrogens (primary N) is 1. The molecule has 1 unspecified atom stereocenters. The first kappa shape index (κ1) is 10.0. The van der Waals surface area contributed by atoms with E-state index >= 15 is 0 Å². The van der Waals surface area contributed by atoms with E-state index in [1.807, 2.05) is 12.1 Å². The van der Waals surface area contributed by atoms with Crippen LogP contribution in [0.5, 0.6) is 5.75 Å². The second-order valence-corrected chi connectivity index (χ2v) is 4.62. The molecule has 0 bridgehead atoms. The zero-order valence-corrected chi connectivity index (χ0v) is 11.0. The number of benzene rings is 1. The van der Waals surface area contributed by atoms with Gasteiger partial charge in [0.1, 0.15) is 5.75 Å². The summed E-state index contributed by atoms with van der Waals surface area (Å²) in [4.78, 5) is 4.37. The minimum absolute atomic E-state index is 0.205. The van der Waals surface area contributed by atoms with E-state index in [1.54, 1.807) is 18.3 Å². The van der Waals surface area contributed by atoms with Crippen LogP contribution >= 0.6 is 0 Å². The molecular weight excluding hydrogens is 238 g/mol. The molecule has 0 aliphatic rings. The molecule has 102 valence electrons. The smallest absolute Gasteiger partial charge is 0.121 e. The Bertz CT molecular complexity index is 631. The van der Waals surface area contributed by atoms with Crippen molar-refractivity contribution in [1.29, 1.82) is 0 Å². The monoisotopic (exact) mass is 262 g/mol. The van der Waals surface area contributed by atoms with Crippen LogP contribution in [0.3, 0.4) is 0 Å². The number of ether oxygens (including phenoxy) is 1. The number of anilines is 1. The molecule has 2 aromatic rings. The molecule has 1 atom stereocenters. The van der Waals surface area contributed by atoms with Gasteiger partial charge in [0.25, 0.3) is 0 Å². The zero-order chi connectivity index (χ0) is 16.2. The van der Waals surface area contributed by atoms with Crippen LogP contribution in [0.25, 0.3) is 10.9 Å². The summed E-state index contributed by atoms with van der Waals surface area (Å²) in [5, 5.41) is 4.20. The van der Waals surface area contributed by atoms with Crippen LogP contribution in [0.15, 0.2) is 30.5 Å². The number of fused-ring (bicyclic) bond motifs is 1. The largest absolute Gasteiger partial charge is 0.497 e. The van der Waals surface area contributed by atoms with Gasteiger partial charge in [-0.15, -0.1) is 0 Å². The molecule has 19 heavy (non-hydrogen) atoms. The van der Waals surface area contributed by atoms with Crippen LogP contribution in [0, 0.1) is 0 Å². The molecule has 0 aliphatic carbocycles. The van der Waals surface area contributed by atoms with Crippen LogP contribution in [0.1, 0.15) is 23.9 Å². The maximum Gasteiger partial charge on any atom is 0.121 e. The number of nitrogens with one attached hydrogen (secondary N) is 1. The Morgan fingerprint density at radius 3 is 3.21 bits per heavy atom. The van der Waals surface area contributed by atoms with Gasteiger partial charge in [-0.3, -0.25) is 4.98 Å². The Hall–Kier alpha value is -1.81. The topological polar surface area (TPSA) is 60.2 Å². The molecule has 0 radical (unpaired) electrons. The van der Waals surface area contributed by atoms with Gasteiger partial charge in [0, 0.05) is 23.7 Å². The SMILES string of the molecule is [2H]C([2H])([2H])Oc1cc(NC(C)CCCN)c2ncccc2c1. The van der Waals surface area contributed by atoms with Gasteiger partial charge >= 0.3 is 0 Å². The maximum atomic E-state index is 7.24. The average molecular weight is 262 g/mol. The minimum Gasteiger partial charge on any atom is -0.497 e. The highest BCUT2D eigenvalue weighted by atomic mass is 16.5. The summed E-state index contributed by atoms with van der Waals surface area (Å²) in [7, 11) is -2.47. The standard InChI is InChI=1S/C15H21N3O/c1-11(5-3-7-16)18-14-10-13(19-2)9-12-6-4-8-17-15(12)14/h4,6,8-11,18H,3,5,7,16H2,1-2H3/i2D3. The average Bonchev–Trinajstić information content (AvgIpc) is 2.43. The molecular formula is C15H21N3O. The third-order valence-corrected chi connectivity index (χ3v) is 3.04. The number of hydrogen-bond donors (Lipinski definition) is 2. The molecule has 3 N–H and O–H groups in total. The second-order valence-electron chi connectivity index (χ2n) is 4.62. The van der Waals surface area contributed by atoms with Crippen molar-refractivity contribution in [2.45, 2.75) is 25.8 Å². The van der Waals surface area contributed by atoms with Gasteiger partial charge in [-0.05, 0) is 38.4 Å². The van der Waals surface area contributed by atoms with Crippen LogP contribution in [-0.2, 0) is 0 Å². The molecule has 2 rings (SSSR count). The lowest BCUT2D eigenvalue weighted by atomic mass is 10.1. The van der Waals surface area contributed by atoms with Crippen molar-refractivity contribution in [2.24, 2.45) is 5.73 Å². The van der Waals surface area contributed by atoms with Crippen molar-refractivity contribution in [2.75, 3.05) is 18.9 Å². The molecule has 0 saturated heterocycles. The fourth-order valence-electron chi connectivity index (χ4n) is 2.10. The van der Waals surface area contributed by atoms with Gasteiger partial charge < -0.3 is 15.8 Å². The first-order valence-electron chi connectivity index (χ1n) is 7.93. The highest BCUT2D eigenvalue weighted by molar-refractivity contribution is 5.91. The molecule has 4 nitrogen and oxygen atoms in total. The number of methoxy groups -OCH3 is 1. The zero-order valence-electron chi connectivity index (χ0n) is 14.0. The van der Waals surface area contributed by atoms with Gasteiger partial charge in [-0.2, -0.15) is 0 Å². The third kappa shape index (κ3) is 3.35. The fourth-order valence-corrected chi connectivity index (χ4v) is 2.10. The van der Waals surface area contributed by atoms with Crippen LogP contribution in [0.2, 0.25) is 0 Å². The number of rotatable bonds is 6. The molecule has 1 aromatic heterocycles. The van der Waals surface area contributed by atoms with Crippen LogP contribution < -0.4 is 15.8 Å². The first-order valence-corrected chi connectivity index (χ1v) is 6.43. The van der Waals surface area contributed by atoms with Gasteiger partial charge in [0.15, 0.2) is 0 Å². The van der Waals surface area contributed by atoms with Crippen LogP contribution in [-0.4, -0.2) is 24.6 Å². The Labute approximate surface area is 118 Å². The van der Waals surface area contributed by atoms with Gasteiger partial charge in [-0.1, -0.05) is 6.07 Å². The number of hydrogen-bond acceptors (Lipinski definition) is 4. The highest BCUT2D eigenvalue weighted by Gasteiger charge is 2.08. The molecule has 1 heterocycles. The normalized spacial score (nSPS) is 15.4. The first-order chi connectivity index (χ1) is 10.4. The van der Waals surface area contributed by atoms with E-state index < -0.39 is 7.04 Å². The molecule has 0 spiro atoms. The lowest BCUT2D eigenvalue weighted by molar-refractivity contribution is 0.415. The Balaban J connectivity index is 2.33. The van der Waals surface area contributed by atoms with Crippen molar-refractivity contribution in [3.63, 3.8) is 0 Å². The predicted molar refractivity (Wildman–Crippen MR) is 79.7 cm³/mol. The molecule has 0 saturated carbocycles. The van der Waals surface area contributed by atoms with E-state index in [9.17, 15) is 0 Å². The molecule has 0 aliphatic heterocycles. The summed E-state index contributed by atoms with van der Waals surface area (Å²) in [5.74, 6) is 0.300. The second kappa shape index (κ2) is 6.38. The third-order valence-electron chi connectivity index (χ3n) is 3.04. The Kier molecular flexibility index (Phi) is 3.37. The van der Waals surface area contributed by atoms with E-state index in [0.29, 0.717) is 12.3 Å². The van der Waals surface area contributed by atoms with Gasteiger partial charge in [-0.25, -0.2) is 0 Å². The van der Waals surface area contributed by atoms with Crippen molar-refractivity contribution in [3.8, 4) is 5.75 Å². The lowest BCUT2D eigenvalue weighted by Gasteiger charge is -2.17. The minimum atomic E-state index is -2.47. The van der Waals surface area contributed by atoms with Crippen LogP contribution in [0.4, 0.5) is 5.69 Å². The van der Waals surface area contributed by atoms with Gasteiger partial charge in [0.05, 0.1) is 22.4 Å². The van der Waals surface area contributed by atoms with E-state index in [2.05, 4.69) is 17.2 Å². The van der Waals surface area contributed by atoms with Crippen molar-refractivity contribution in [1.82, 2.24) is 4.98 Å². The number of nitrogens with zero attached hydrogens (tertiary/aromatic N) is 1. The van der Waals surface area contributed by atoms with Crippen molar-refractivity contribution >= 4 is 16.6 Å². The molecule has 0 amide bonds. The van der Waals surface area contributed by atoms with E-state index in [0.717, 1.165) is 29.4 Å². The van der Waals surface area contributed by atoms with Gasteiger partial charge in [0.2, 0.25) is 0 Å². The molecule has 1 aromatic carbocycles. The summed E-state index contributed by atoms with van der Waals surface area (Å²) in [6, 6.07) is 7.26. The van der Waals surface area contributed by atoms with Crippen molar-refractivity contribution < 1.29 is 8.85 Å².